The third-order valence-corrected chi connectivity index (χ3v) is 4.64. The maximum atomic E-state index is 13.0. The maximum Gasteiger partial charge on any atom is 0.262 e. The van der Waals surface area contributed by atoms with Crippen molar-refractivity contribution in [1.82, 2.24) is 14.8 Å². The Kier molecular flexibility index (Phi) is 4.64. The fourth-order valence-corrected chi connectivity index (χ4v) is 3.25. The second kappa shape index (κ2) is 6.70. The minimum absolute atomic E-state index is 0.239. The van der Waals surface area contributed by atoms with E-state index in [-0.39, 0.29) is 16.9 Å². The van der Waals surface area contributed by atoms with Crippen LogP contribution in [-0.2, 0) is 6.54 Å². The summed E-state index contributed by atoms with van der Waals surface area (Å²) in [5.74, 6) is -0.655. The van der Waals surface area contributed by atoms with Crippen molar-refractivity contribution < 1.29 is 9.18 Å². The molecule has 0 spiro atoms. The second-order valence-electron chi connectivity index (χ2n) is 5.28. The van der Waals surface area contributed by atoms with Gasteiger partial charge in [-0.2, -0.15) is 5.10 Å². The molecule has 0 aliphatic rings. The first kappa shape index (κ1) is 16.6. The summed E-state index contributed by atoms with van der Waals surface area (Å²) in [6.45, 7) is 3.92. The molecular formula is C16H14ClFN4OS. The molecule has 0 unspecified atom stereocenters. The van der Waals surface area contributed by atoms with Gasteiger partial charge in [0.15, 0.2) is 5.13 Å². The minimum atomic E-state index is -0.350. The van der Waals surface area contributed by atoms with Gasteiger partial charge in [0.1, 0.15) is 11.0 Å². The van der Waals surface area contributed by atoms with Gasteiger partial charge < -0.3 is 0 Å². The monoisotopic (exact) mass is 364 g/mol. The van der Waals surface area contributed by atoms with E-state index in [1.165, 1.54) is 28.2 Å². The summed E-state index contributed by atoms with van der Waals surface area (Å²) in [6, 6.07) is 6.05. The second-order valence-corrected chi connectivity index (χ2v) is 6.50. The predicted molar refractivity (Wildman–Crippen MR) is 92.3 cm³/mol. The molecule has 1 aromatic carbocycles. The molecule has 8 heteroatoms. The molecule has 1 N–H and O–H groups in total. The van der Waals surface area contributed by atoms with Gasteiger partial charge in [-0.15, -0.1) is 11.3 Å². The molecule has 0 bridgehead atoms. The molecule has 3 aromatic rings. The molecule has 5 nitrogen and oxygen atoms in total. The third kappa shape index (κ3) is 3.47. The Bertz CT molecular complexity index is 888. The van der Waals surface area contributed by atoms with Gasteiger partial charge in [-0.3, -0.25) is 10.1 Å². The van der Waals surface area contributed by atoms with Gasteiger partial charge in [-0.05, 0) is 31.5 Å². The number of rotatable bonds is 4. The predicted octanol–water partition coefficient (Wildman–Crippen LogP) is 4.05. The number of carbonyl (C=O) groups is 1. The number of nitrogens with zero attached hydrogens (tertiary/aromatic N) is 3. The third-order valence-electron chi connectivity index (χ3n) is 3.38. The van der Waals surface area contributed by atoms with Crippen molar-refractivity contribution in [2.45, 2.75) is 20.4 Å². The number of hydrogen-bond acceptors (Lipinski definition) is 4. The van der Waals surface area contributed by atoms with E-state index in [0.29, 0.717) is 22.9 Å². The van der Waals surface area contributed by atoms with E-state index >= 15 is 0 Å². The normalized spacial score (nSPS) is 10.8. The van der Waals surface area contributed by atoms with Crippen LogP contribution in [-0.4, -0.2) is 20.7 Å². The van der Waals surface area contributed by atoms with Crippen LogP contribution in [0.1, 0.15) is 27.3 Å². The van der Waals surface area contributed by atoms with Crippen molar-refractivity contribution >= 4 is 34.0 Å². The first-order valence-corrected chi connectivity index (χ1v) is 8.40. The van der Waals surface area contributed by atoms with Crippen LogP contribution in [0, 0.1) is 19.7 Å². The van der Waals surface area contributed by atoms with E-state index in [0.717, 1.165) is 11.3 Å². The lowest BCUT2D eigenvalue weighted by Crippen LogP contribution is -2.13. The lowest BCUT2D eigenvalue weighted by molar-refractivity contribution is 0.102. The van der Waals surface area contributed by atoms with Gasteiger partial charge >= 0.3 is 0 Å². The van der Waals surface area contributed by atoms with E-state index in [4.69, 9.17) is 11.6 Å². The number of anilines is 1. The molecule has 3 rings (SSSR count). The molecule has 124 valence electrons. The molecule has 0 aliphatic heterocycles. The highest BCUT2D eigenvalue weighted by Gasteiger charge is 2.21. The number of aromatic nitrogens is 3. The molecule has 0 saturated heterocycles. The summed E-state index contributed by atoms with van der Waals surface area (Å²) in [5, 5.41) is 9.64. The molecule has 2 heterocycles. The molecule has 0 fully saturated rings. The number of aryl methyl sites for hydroxylation is 2. The van der Waals surface area contributed by atoms with E-state index in [1.807, 2.05) is 12.3 Å². The number of thiazole rings is 1. The zero-order valence-electron chi connectivity index (χ0n) is 13.0. The van der Waals surface area contributed by atoms with E-state index in [1.54, 1.807) is 19.1 Å². The minimum Gasteiger partial charge on any atom is -0.298 e. The van der Waals surface area contributed by atoms with Crippen molar-refractivity contribution in [3.05, 3.63) is 63.1 Å². The van der Waals surface area contributed by atoms with Gasteiger partial charge in [0, 0.05) is 5.38 Å². The van der Waals surface area contributed by atoms with E-state index < -0.39 is 0 Å². The first-order valence-electron chi connectivity index (χ1n) is 7.15. The summed E-state index contributed by atoms with van der Waals surface area (Å²) in [7, 11) is 0. The summed E-state index contributed by atoms with van der Waals surface area (Å²) < 4.78 is 14.5. The van der Waals surface area contributed by atoms with Crippen LogP contribution < -0.4 is 5.32 Å². The van der Waals surface area contributed by atoms with Crippen molar-refractivity contribution in [1.29, 1.82) is 0 Å². The molecule has 0 saturated carbocycles. The molecule has 0 aliphatic carbocycles. The number of hydrogen-bond donors (Lipinski definition) is 1. The molecular weight excluding hydrogens is 351 g/mol. The zero-order valence-corrected chi connectivity index (χ0v) is 14.6. The highest BCUT2D eigenvalue weighted by Crippen LogP contribution is 2.23. The summed E-state index contributed by atoms with van der Waals surface area (Å²) >= 11 is 7.67. The fraction of sp³-hybridized carbons (Fsp3) is 0.188. The van der Waals surface area contributed by atoms with Crippen LogP contribution in [0.15, 0.2) is 29.6 Å². The summed E-state index contributed by atoms with van der Waals surface area (Å²) in [4.78, 5) is 16.6. The van der Waals surface area contributed by atoms with Crippen LogP contribution in [0.25, 0.3) is 0 Å². The number of carbonyl (C=O) groups excluding carboxylic acids is 1. The maximum absolute atomic E-state index is 13.0. The number of nitrogens with one attached hydrogen (secondary N) is 1. The lowest BCUT2D eigenvalue weighted by atomic mass is 10.2. The van der Waals surface area contributed by atoms with Crippen molar-refractivity contribution in [2.24, 2.45) is 0 Å². The Morgan fingerprint density at radius 2 is 2.04 bits per heavy atom. The Morgan fingerprint density at radius 1 is 1.33 bits per heavy atom. The number of amides is 1. The van der Waals surface area contributed by atoms with Gasteiger partial charge in [0.2, 0.25) is 0 Å². The van der Waals surface area contributed by atoms with E-state index in [2.05, 4.69) is 15.4 Å². The van der Waals surface area contributed by atoms with Gasteiger partial charge in [-0.1, -0.05) is 23.7 Å². The van der Waals surface area contributed by atoms with Gasteiger partial charge in [0.05, 0.1) is 23.5 Å². The van der Waals surface area contributed by atoms with Gasteiger partial charge in [-0.25, -0.2) is 14.1 Å². The van der Waals surface area contributed by atoms with Crippen LogP contribution in [0.4, 0.5) is 9.52 Å². The van der Waals surface area contributed by atoms with Crippen molar-refractivity contribution in [2.75, 3.05) is 5.32 Å². The standard InChI is InChI=1S/C16H14ClFN4OS/c1-9-8-24-16(19-9)20-15(23)13-10(2)21-22(14(13)17)7-11-3-5-12(18)6-4-11/h3-6,8H,7H2,1-2H3,(H,19,20,23). The molecule has 2 aromatic heterocycles. The smallest absolute Gasteiger partial charge is 0.262 e. The van der Waals surface area contributed by atoms with E-state index in [9.17, 15) is 9.18 Å². The van der Waals surface area contributed by atoms with Crippen LogP contribution >= 0.6 is 22.9 Å². The molecule has 24 heavy (non-hydrogen) atoms. The molecule has 0 radical (unpaired) electrons. The van der Waals surface area contributed by atoms with Crippen LogP contribution in [0.5, 0.6) is 0 Å². The van der Waals surface area contributed by atoms with Crippen LogP contribution in [0.3, 0.4) is 0 Å². The average molecular weight is 365 g/mol. The lowest BCUT2D eigenvalue weighted by Gasteiger charge is -2.04. The number of halogens is 2. The first-order chi connectivity index (χ1) is 11.4. The fourth-order valence-electron chi connectivity index (χ4n) is 2.25. The quantitative estimate of drug-likeness (QED) is 0.759. The molecule has 1 amide bonds. The Balaban J connectivity index is 1.83. The van der Waals surface area contributed by atoms with Gasteiger partial charge in [0.25, 0.3) is 5.91 Å². The average Bonchev–Trinajstić information content (AvgIpc) is 3.05. The largest absolute Gasteiger partial charge is 0.298 e. The van der Waals surface area contributed by atoms with Crippen molar-refractivity contribution in [3.63, 3.8) is 0 Å². The Labute approximate surface area is 147 Å². The summed E-state index contributed by atoms with van der Waals surface area (Å²) in [6.07, 6.45) is 0. The summed E-state index contributed by atoms with van der Waals surface area (Å²) in [5.41, 5.74) is 2.51. The highest BCUT2D eigenvalue weighted by molar-refractivity contribution is 7.13. The zero-order chi connectivity index (χ0) is 17.3. The number of benzene rings is 1. The van der Waals surface area contributed by atoms with Crippen molar-refractivity contribution in [3.8, 4) is 0 Å². The topological polar surface area (TPSA) is 59.8 Å². The SMILES string of the molecule is Cc1csc(NC(=O)c2c(C)nn(Cc3ccc(F)cc3)c2Cl)n1. The van der Waals surface area contributed by atoms with Crippen LogP contribution in [0.2, 0.25) is 5.15 Å². The molecule has 0 atom stereocenters. The Hall–Kier alpha value is -2.25. The highest BCUT2D eigenvalue weighted by atomic mass is 35.5. The Morgan fingerprint density at radius 3 is 2.67 bits per heavy atom.